The molecule has 0 bridgehead atoms. The zero-order valence-electron chi connectivity index (χ0n) is 18.2. The second-order valence-corrected chi connectivity index (χ2v) is 10.5. The number of hydrogen-bond donors (Lipinski definition) is 0. The first-order chi connectivity index (χ1) is 14.4. The Morgan fingerprint density at radius 1 is 1.19 bits per heavy atom. The predicted octanol–water partition coefficient (Wildman–Crippen LogP) is 5.30. The average Bonchev–Trinajstić information content (AvgIpc) is 3.02. The van der Waals surface area contributed by atoms with Crippen molar-refractivity contribution in [2.75, 3.05) is 5.88 Å². The van der Waals surface area contributed by atoms with E-state index in [2.05, 4.69) is 33.1 Å². The highest BCUT2D eigenvalue weighted by Crippen LogP contribution is 2.69. The van der Waals surface area contributed by atoms with Crippen LogP contribution in [0.5, 0.6) is 0 Å². The highest BCUT2D eigenvalue weighted by molar-refractivity contribution is 6.33. The summed E-state index contributed by atoms with van der Waals surface area (Å²) >= 11 is 12.5. The van der Waals surface area contributed by atoms with Crippen LogP contribution in [0.4, 0.5) is 0 Å². The lowest BCUT2D eigenvalue weighted by Crippen LogP contribution is -2.58. The Labute approximate surface area is 193 Å². The van der Waals surface area contributed by atoms with Gasteiger partial charge in [0, 0.05) is 21.4 Å². The van der Waals surface area contributed by atoms with Crippen LogP contribution in [0.25, 0.3) is 0 Å². The molecular formula is C25H28Cl2O4. The van der Waals surface area contributed by atoms with Gasteiger partial charge in [0.15, 0.2) is 17.2 Å². The van der Waals surface area contributed by atoms with Gasteiger partial charge in [-0.3, -0.25) is 14.4 Å². The third-order valence-corrected chi connectivity index (χ3v) is 9.43. The fourth-order valence-electron chi connectivity index (χ4n) is 7.13. The fraction of sp³-hybridized carbons (Fsp3) is 0.560. The van der Waals surface area contributed by atoms with Crippen molar-refractivity contribution in [2.24, 2.45) is 28.6 Å². The lowest BCUT2D eigenvalue weighted by molar-refractivity contribution is -0.184. The summed E-state index contributed by atoms with van der Waals surface area (Å²) in [5, 5.41) is 0.563. The monoisotopic (exact) mass is 462 g/mol. The summed E-state index contributed by atoms with van der Waals surface area (Å²) in [6, 6.07) is 0. The average molecular weight is 463 g/mol. The first-order valence-electron chi connectivity index (χ1n) is 10.8. The quantitative estimate of drug-likeness (QED) is 0.324. The van der Waals surface area contributed by atoms with Gasteiger partial charge in [-0.2, -0.15) is 0 Å². The van der Waals surface area contributed by atoms with E-state index in [-0.39, 0.29) is 35.2 Å². The molecule has 0 spiro atoms. The molecule has 166 valence electrons. The second-order valence-electron chi connectivity index (χ2n) is 9.87. The van der Waals surface area contributed by atoms with Crippen LogP contribution in [-0.4, -0.2) is 29.0 Å². The molecule has 0 aromatic carbocycles. The second kappa shape index (κ2) is 7.18. The van der Waals surface area contributed by atoms with Gasteiger partial charge < -0.3 is 4.74 Å². The third kappa shape index (κ3) is 2.77. The molecule has 0 aromatic rings. The van der Waals surface area contributed by atoms with Crippen LogP contribution in [0.2, 0.25) is 0 Å². The van der Waals surface area contributed by atoms with Gasteiger partial charge in [-0.15, -0.1) is 11.6 Å². The molecular weight excluding hydrogens is 435 g/mol. The van der Waals surface area contributed by atoms with Gasteiger partial charge in [-0.05, 0) is 67.6 Å². The first-order valence-corrected chi connectivity index (χ1v) is 11.7. The van der Waals surface area contributed by atoms with Gasteiger partial charge in [0.1, 0.15) is 5.88 Å². The Kier molecular flexibility index (Phi) is 5.22. The van der Waals surface area contributed by atoms with Crippen molar-refractivity contribution < 1.29 is 19.1 Å². The largest absolute Gasteiger partial charge is 0.450 e. The molecule has 31 heavy (non-hydrogen) atoms. The zero-order valence-corrected chi connectivity index (χ0v) is 19.7. The molecule has 4 aliphatic carbocycles. The molecule has 2 saturated carbocycles. The molecule has 2 fully saturated rings. The molecule has 4 aliphatic rings. The van der Waals surface area contributed by atoms with E-state index >= 15 is 0 Å². The van der Waals surface area contributed by atoms with Gasteiger partial charge in [-0.25, -0.2) is 0 Å². The number of ether oxygens (including phenoxy) is 1. The molecule has 0 radical (unpaired) electrons. The molecule has 0 N–H and O–H groups in total. The van der Waals surface area contributed by atoms with Crippen LogP contribution in [0, 0.1) is 28.6 Å². The Hall–Kier alpha value is -1.65. The van der Waals surface area contributed by atoms with Crippen molar-refractivity contribution in [2.45, 2.75) is 52.1 Å². The number of fused-ring (bicyclic) bond motifs is 5. The van der Waals surface area contributed by atoms with Crippen LogP contribution < -0.4 is 0 Å². The van der Waals surface area contributed by atoms with Gasteiger partial charge >= 0.3 is 5.97 Å². The SMILES string of the molecule is C=C1C(=C)[C@@]2(C)C(=CC1=O)C(Cl)=C[C@@H]1[C@@H]2CC[C@@]2(C)[C@H]1CC[C@]2(OC(=O)CCl)C(C)=O. The van der Waals surface area contributed by atoms with Gasteiger partial charge in [-0.1, -0.05) is 44.7 Å². The van der Waals surface area contributed by atoms with E-state index in [0.29, 0.717) is 17.0 Å². The summed E-state index contributed by atoms with van der Waals surface area (Å²) in [6.45, 7) is 13.9. The van der Waals surface area contributed by atoms with E-state index < -0.39 is 22.4 Å². The number of ketones is 2. The lowest BCUT2D eigenvalue weighted by atomic mass is 9.47. The predicted molar refractivity (Wildman–Crippen MR) is 121 cm³/mol. The number of alkyl halides is 1. The normalized spacial score (nSPS) is 41.6. The molecule has 6 heteroatoms. The van der Waals surface area contributed by atoms with Crippen molar-refractivity contribution >= 4 is 40.7 Å². The van der Waals surface area contributed by atoms with Gasteiger partial charge in [0.25, 0.3) is 0 Å². The molecule has 6 atom stereocenters. The van der Waals surface area contributed by atoms with Gasteiger partial charge in [0.2, 0.25) is 0 Å². The Morgan fingerprint density at radius 2 is 1.84 bits per heavy atom. The van der Waals surface area contributed by atoms with E-state index in [9.17, 15) is 14.4 Å². The summed E-state index contributed by atoms with van der Waals surface area (Å²) in [7, 11) is 0. The molecule has 0 saturated heterocycles. The van der Waals surface area contributed by atoms with Crippen LogP contribution in [0.15, 0.2) is 47.1 Å². The van der Waals surface area contributed by atoms with Crippen LogP contribution >= 0.6 is 23.2 Å². The van der Waals surface area contributed by atoms with Crippen molar-refractivity contribution in [1.29, 1.82) is 0 Å². The molecule has 4 rings (SSSR count). The molecule has 0 aliphatic heterocycles. The highest BCUT2D eigenvalue weighted by atomic mass is 35.5. The number of allylic oxidation sites excluding steroid dienone is 6. The molecule has 0 amide bonds. The number of halogens is 2. The maximum atomic E-state index is 12.9. The Bertz CT molecular complexity index is 991. The smallest absolute Gasteiger partial charge is 0.321 e. The maximum absolute atomic E-state index is 12.9. The number of carbonyl (C=O) groups is 3. The van der Waals surface area contributed by atoms with Crippen molar-refractivity contribution in [3.8, 4) is 0 Å². The standard InChI is InChI=1S/C25H28Cl2O4/c1-13-14(2)24(5)18-6-8-23(4)17(16(18)10-20(27)19(24)11-21(13)29)7-9-25(23,15(3)28)31-22(30)12-26/h10-11,16-18H,1-2,6-9,12H2,3-5H3/t16-,17-,18-,23-,24+,25-/m0/s1. The van der Waals surface area contributed by atoms with E-state index in [1.54, 1.807) is 6.08 Å². The minimum absolute atomic E-state index is 0.0714. The highest BCUT2D eigenvalue weighted by Gasteiger charge is 2.68. The lowest BCUT2D eigenvalue weighted by Gasteiger charge is -2.58. The zero-order chi connectivity index (χ0) is 22.9. The summed E-state index contributed by atoms with van der Waals surface area (Å²) in [6.07, 6.45) is 6.39. The fourth-order valence-corrected chi connectivity index (χ4v) is 7.58. The number of hydrogen-bond acceptors (Lipinski definition) is 4. The van der Waals surface area contributed by atoms with Gasteiger partial charge in [0.05, 0.1) is 0 Å². The van der Waals surface area contributed by atoms with Crippen molar-refractivity contribution in [3.05, 3.63) is 47.1 Å². The van der Waals surface area contributed by atoms with Crippen molar-refractivity contribution in [3.63, 3.8) is 0 Å². The molecule has 0 heterocycles. The van der Waals surface area contributed by atoms with Crippen LogP contribution in [-0.2, 0) is 19.1 Å². The van der Waals surface area contributed by atoms with E-state index in [0.717, 1.165) is 30.4 Å². The van der Waals surface area contributed by atoms with E-state index in [1.807, 2.05) is 0 Å². The maximum Gasteiger partial charge on any atom is 0.321 e. The molecule has 0 unspecified atom stereocenters. The number of carbonyl (C=O) groups excluding carboxylic acids is 3. The number of rotatable bonds is 3. The Balaban J connectivity index is 1.82. The number of esters is 1. The first kappa shape index (κ1) is 22.5. The van der Waals surface area contributed by atoms with E-state index in [4.69, 9.17) is 27.9 Å². The molecule has 4 nitrogen and oxygen atoms in total. The van der Waals surface area contributed by atoms with E-state index in [1.165, 1.54) is 6.92 Å². The van der Waals surface area contributed by atoms with Crippen molar-refractivity contribution in [1.82, 2.24) is 0 Å². The Morgan fingerprint density at radius 3 is 2.45 bits per heavy atom. The number of Topliss-reactive ketones (excluding diaryl/α,β-unsaturated/α-hetero) is 1. The topological polar surface area (TPSA) is 60.4 Å². The minimum Gasteiger partial charge on any atom is -0.450 e. The summed E-state index contributed by atoms with van der Waals surface area (Å²) in [5.41, 5.74) is -0.206. The molecule has 0 aromatic heterocycles. The van der Waals surface area contributed by atoms with Crippen LogP contribution in [0.1, 0.15) is 46.5 Å². The summed E-state index contributed by atoms with van der Waals surface area (Å²) < 4.78 is 5.81. The third-order valence-electron chi connectivity index (χ3n) is 8.88. The minimum atomic E-state index is -1.17. The van der Waals surface area contributed by atoms with Crippen LogP contribution in [0.3, 0.4) is 0 Å². The summed E-state index contributed by atoms with van der Waals surface area (Å²) in [5.74, 6) is -0.781. The summed E-state index contributed by atoms with van der Waals surface area (Å²) in [4.78, 5) is 37.5.